The third kappa shape index (κ3) is 2.76. The minimum Gasteiger partial charge on any atom is -0.828 e. The van der Waals surface area contributed by atoms with E-state index in [1.54, 1.807) is 0 Å². The van der Waals surface area contributed by atoms with Crippen LogP contribution >= 0.6 is 0 Å². The monoisotopic (exact) mass is 82.0 g/mol. The molecule has 0 radical (unpaired) electrons. The van der Waals surface area contributed by atoms with Crippen LogP contribution < -0.4 is 34.6 Å². The second-order valence-electron chi connectivity index (χ2n) is 0.481. The molecule has 0 aliphatic carbocycles. The largest absolute Gasteiger partial charge is 1.00 e. The molecular weight excluding hydrogens is 81.8 g/mol. The second-order valence-corrected chi connectivity index (χ2v) is 0.481. The molecule has 1 heterocycles. The molecule has 0 aromatic rings. The van der Waals surface area contributed by atoms with Gasteiger partial charge in [0.15, 0.2) is 0 Å². The number of hydrogen-bond donors (Lipinski definition) is 0. The van der Waals surface area contributed by atoms with Crippen molar-refractivity contribution >= 4 is 7.32 Å². The molecule has 0 bridgehead atoms. The summed E-state index contributed by atoms with van der Waals surface area (Å²) in [6, 6.07) is 0. The Kier molecular flexibility index (Phi) is 2.59. The van der Waals surface area contributed by atoms with E-state index in [4.69, 9.17) is 0 Å². The van der Waals surface area contributed by atoms with Gasteiger partial charge in [-0.15, -0.1) is 0 Å². The summed E-state index contributed by atoms with van der Waals surface area (Å²) >= 11 is 0. The third-order valence-electron chi connectivity index (χ3n) is 0.175. The first kappa shape index (κ1) is 5.94. The molecule has 0 spiro atoms. The summed E-state index contributed by atoms with van der Waals surface area (Å²) in [5.74, 6) is 0. The Labute approximate surface area is 51.7 Å². The fourth-order valence-corrected chi connectivity index (χ4v) is 0.0227. The first-order chi connectivity index (χ1) is 1.89. The zero-order chi connectivity index (χ0) is 2.99. The summed E-state index contributed by atoms with van der Waals surface area (Å²) in [6.45, 7) is 0. The SMILES string of the molecule is [Na+].[O-]B1OO1. The van der Waals surface area contributed by atoms with Crippen molar-refractivity contribution in [1.29, 1.82) is 0 Å². The normalized spacial score (nSPS) is 17.4. The molecule has 0 saturated carbocycles. The molecule has 1 aliphatic rings. The molecule has 0 amide bonds. The van der Waals surface area contributed by atoms with Gasteiger partial charge in [-0.2, -0.15) is 0 Å². The van der Waals surface area contributed by atoms with E-state index < -0.39 is 7.32 Å². The van der Waals surface area contributed by atoms with Gasteiger partial charge >= 0.3 is 36.9 Å². The summed E-state index contributed by atoms with van der Waals surface area (Å²) < 4.78 is 0. The summed E-state index contributed by atoms with van der Waals surface area (Å²) in [7, 11) is -1.17. The quantitative estimate of drug-likeness (QED) is 0.167. The Bertz CT molecular complexity index is 26.1. The van der Waals surface area contributed by atoms with Crippen LogP contribution in [0.3, 0.4) is 0 Å². The molecule has 3 nitrogen and oxygen atoms in total. The molecule has 1 rings (SSSR count). The van der Waals surface area contributed by atoms with E-state index >= 15 is 0 Å². The standard InChI is InChI=1S/BO3.Na/c2-1-3-4-1;/q-1;+1. The van der Waals surface area contributed by atoms with Crippen LogP contribution in [0.2, 0.25) is 0 Å². The predicted octanol–water partition coefficient (Wildman–Crippen LogP) is -4.70. The summed E-state index contributed by atoms with van der Waals surface area (Å²) in [6.07, 6.45) is 0. The van der Waals surface area contributed by atoms with Gasteiger partial charge in [0.25, 0.3) is 0 Å². The molecule has 1 saturated heterocycles. The van der Waals surface area contributed by atoms with Gasteiger partial charge in [0.1, 0.15) is 0 Å². The second kappa shape index (κ2) is 2.18. The van der Waals surface area contributed by atoms with E-state index in [1.165, 1.54) is 0 Å². The summed E-state index contributed by atoms with van der Waals surface area (Å²) in [4.78, 5) is 7.31. The van der Waals surface area contributed by atoms with Crippen molar-refractivity contribution in [3.63, 3.8) is 0 Å². The van der Waals surface area contributed by atoms with E-state index in [0.29, 0.717) is 0 Å². The molecule has 22 valence electrons. The molecule has 5 heavy (non-hydrogen) atoms. The van der Waals surface area contributed by atoms with Gasteiger partial charge in [-0.3, -0.25) is 9.61 Å². The van der Waals surface area contributed by atoms with E-state index in [2.05, 4.69) is 9.61 Å². The van der Waals surface area contributed by atoms with Crippen LogP contribution in [0.25, 0.3) is 0 Å². The summed E-state index contributed by atoms with van der Waals surface area (Å²) in [5, 5.41) is 9.19. The molecular formula is BNaO3. The van der Waals surface area contributed by atoms with Gasteiger partial charge < -0.3 is 5.02 Å². The van der Waals surface area contributed by atoms with E-state index in [0.717, 1.165) is 0 Å². The van der Waals surface area contributed by atoms with Crippen molar-refractivity contribution in [3.8, 4) is 0 Å². The van der Waals surface area contributed by atoms with E-state index in [9.17, 15) is 5.02 Å². The van der Waals surface area contributed by atoms with Gasteiger partial charge in [-0.05, 0) is 0 Å². The molecule has 1 fully saturated rings. The maximum absolute atomic E-state index is 9.19. The smallest absolute Gasteiger partial charge is 0.828 e. The van der Waals surface area contributed by atoms with Gasteiger partial charge in [-0.1, -0.05) is 0 Å². The molecule has 5 heteroatoms. The molecule has 0 aromatic heterocycles. The van der Waals surface area contributed by atoms with E-state index in [-0.39, 0.29) is 29.6 Å². The van der Waals surface area contributed by atoms with Crippen LogP contribution in [0, 0.1) is 0 Å². The minimum atomic E-state index is -1.17. The van der Waals surface area contributed by atoms with Crippen molar-refractivity contribution in [2.45, 2.75) is 0 Å². The van der Waals surface area contributed by atoms with Crippen LogP contribution in [0.15, 0.2) is 0 Å². The maximum atomic E-state index is 9.19. The van der Waals surface area contributed by atoms with Crippen molar-refractivity contribution in [2.75, 3.05) is 0 Å². The zero-order valence-corrected chi connectivity index (χ0v) is 4.80. The zero-order valence-electron chi connectivity index (χ0n) is 2.80. The Morgan fingerprint density at radius 1 is 1.40 bits per heavy atom. The predicted molar refractivity (Wildman–Crippen MR) is 7.92 cm³/mol. The molecule has 0 atom stereocenters. The van der Waals surface area contributed by atoms with Gasteiger partial charge in [0.2, 0.25) is 0 Å². The molecule has 0 aromatic carbocycles. The van der Waals surface area contributed by atoms with Crippen LogP contribution in [0.5, 0.6) is 0 Å². The van der Waals surface area contributed by atoms with Gasteiger partial charge in [-0.25, -0.2) is 0 Å². The van der Waals surface area contributed by atoms with Crippen molar-refractivity contribution in [1.82, 2.24) is 0 Å². The average molecular weight is 81.8 g/mol. The number of hydrogen-bond acceptors (Lipinski definition) is 3. The van der Waals surface area contributed by atoms with E-state index in [1.807, 2.05) is 0 Å². The fourth-order valence-electron chi connectivity index (χ4n) is 0.0227. The Hall–Kier alpha value is 0.945. The molecule has 0 unspecified atom stereocenters. The molecule has 1 aliphatic heterocycles. The van der Waals surface area contributed by atoms with Crippen molar-refractivity contribution in [2.24, 2.45) is 0 Å². The average Bonchev–Trinajstić information content (AvgIpc) is 1.75. The van der Waals surface area contributed by atoms with Crippen molar-refractivity contribution < 1.29 is 44.2 Å². The maximum Gasteiger partial charge on any atom is 1.00 e. The molecule has 0 N–H and O–H groups in total. The summed E-state index contributed by atoms with van der Waals surface area (Å²) in [5.41, 5.74) is 0. The Morgan fingerprint density at radius 2 is 1.60 bits per heavy atom. The van der Waals surface area contributed by atoms with Gasteiger partial charge in [0, 0.05) is 0 Å². The van der Waals surface area contributed by atoms with Crippen LogP contribution in [0.4, 0.5) is 0 Å². The first-order valence-corrected chi connectivity index (χ1v) is 0.874. The van der Waals surface area contributed by atoms with Crippen LogP contribution in [-0.2, 0) is 9.61 Å². The third-order valence-corrected chi connectivity index (χ3v) is 0.175. The van der Waals surface area contributed by atoms with Crippen molar-refractivity contribution in [3.05, 3.63) is 0 Å². The number of rotatable bonds is 0. The topological polar surface area (TPSA) is 48.1 Å². The Balaban J connectivity index is 0.000000160. The fraction of sp³-hybridized carbons (Fsp3) is 0. The van der Waals surface area contributed by atoms with Crippen LogP contribution in [0.1, 0.15) is 0 Å². The van der Waals surface area contributed by atoms with Gasteiger partial charge in [0.05, 0.1) is 0 Å². The van der Waals surface area contributed by atoms with Crippen LogP contribution in [-0.4, -0.2) is 7.32 Å². The first-order valence-electron chi connectivity index (χ1n) is 0.874. The minimum absolute atomic E-state index is 0. The Morgan fingerprint density at radius 3 is 1.60 bits per heavy atom.